The van der Waals surface area contributed by atoms with E-state index < -0.39 is 0 Å². The SMILES string of the molecule is Cc1ccc(Nc2nnc(S[C@@H](C)C(=O)N(C)Cc3cccc(F)c3)s2)cc1. The molecule has 3 rings (SSSR count). The number of carbonyl (C=O) groups is 1. The van der Waals surface area contributed by atoms with Crippen molar-refractivity contribution >= 4 is 39.8 Å². The lowest BCUT2D eigenvalue weighted by Gasteiger charge is -2.20. The van der Waals surface area contributed by atoms with Crippen LogP contribution in [0.4, 0.5) is 15.2 Å². The normalized spacial score (nSPS) is 11.9. The van der Waals surface area contributed by atoms with Crippen molar-refractivity contribution in [1.29, 1.82) is 0 Å². The van der Waals surface area contributed by atoms with E-state index in [2.05, 4.69) is 15.5 Å². The smallest absolute Gasteiger partial charge is 0.235 e. The van der Waals surface area contributed by atoms with Crippen LogP contribution >= 0.6 is 23.1 Å². The van der Waals surface area contributed by atoms with Crippen LogP contribution in [-0.2, 0) is 11.3 Å². The zero-order valence-corrected chi connectivity index (χ0v) is 17.5. The summed E-state index contributed by atoms with van der Waals surface area (Å²) >= 11 is 2.77. The average Bonchev–Trinajstić information content (AvgIpc) is 3.09. The molecule has 0 bridgehead atoms. The Labute approximate surface area is 172 Å². The van der Waals surface area contributed by atoms with Gasteiger partial charge in [0.2, 0.25) is 11.0 Å². The Morgan fingerprint density at radius 3 is 2.71 bits per heavy atom. The Kier molecular flexibility index (Phi) is 6.64. The Bertz CT molecular complexity index is 945. The van der Waals surface area contributed by atoms with Crippen molar-refractivity contribution in [3.05, 3.63) is 65.5 Å². The monoisotopic (exact) mass is 416 g/mol. The largest absolute Gasteiger partial charge is 0.340 e. The van der Waals surface area contributed by atoms with Crippen molar-refractivity contribution in [1.82, 2.24) is 15.1 Å². The molecule has 1 amide bonds. The first-order chi connectivity index (χ1) is 13.4. The number of benzene rings is 2. The Balaban J connectivity index is 1.56. The van der Waals surface area contributed by atoms with Gasteiger partial charge in [-0.2, -0.15) is 0 Å². The molecule has 1 aromatic heterocycles. The predicted octanol–water partition coefficient (Wildman–Crippen LogP) is 4.87. The van der Waals surface area contributed by atoms with Gasteiger partial charge >= 0.3 is 0 Å². The van der Waals surface area contributed by atoms with Crippen LogP contribution in [0.15, 0.2) is 52.9 Å². The summed E-state index contributed by atoms with van der Waals surface area (Å²) in [5.74, 6) is -0.347. The molecule has 1 heterocycles. The van der Waals surface area contributed by atoms with E-state index in [1.54, 1.807) is 24.1 Å². The van der Waals surface area contributed by atoms with Crippen molar-refractivity contribution in [2.75, 3.05) is 12.4 Å². The summed E-state index contributed by atoms with van der Waals surface area (Å²) in [7, 11) is 1.72. The van der Waals surface area contributed by atoms with Gasteiger partial charge in [0.25, 0.3) is 0 Å². The predicted molar refractivity (Wildman–Crippen MR) is 113 cm³/mol. The van der Waals surface area contributed by atoms with Gasteiger partial charge in [0.1, 0.15) is 5.82 Å². The second kappa shape index (κ2) is 9.16. The highest BCUT2D eigenvalue weighted by Crippen LogP contribution is 2.31. The summed E-state index contributed by atoms with van der Waals surface area (Å²) in [6.07, 6.45) is 0. The number of aromatic nitrogens is 2. The third-order valence-corrected chi connectivity index (χ3v) is 6.03. The van der Waals surface area contributed by atoms with E-state index in [1.807, 2.05) is 38.1 Å². The first-order valence-electron chi connectivity index (χ1n) is 8.74. The maximum atomic E-state index is 13.3. The number of thioether (sulfide) groups is 1. The molecule has 1 atom stereocenters. The van der Waals surface area contributed by atoms with Crippen LogP contribution in [0.3, 0.4) is 0 Å². The van der Waals surface area contributed by atoms with E-state index in [0.29, 0.717) is 11.7 Å². The molecule has 0 saturated heterocycles. The topological polar surface area (TPSA) is 58.1 Å². The molecule has 3 aromatic rings. The summed E-state index contributed by atoms with van der Waals surface area (Å²) in [4.78, 5) is 14.2. The molecule has 146 valence electrons. The van der Waals surface area contributed by atoms with Gasteiger partial charge in [0.05, 0.1) is 5.25 Å². The lowest BCUT2D eigenvalue weighted by molar-refractivity contribution is -0.129. The van der Waals surface area contributed by atoms with Crippen LogP contribution in [0, 0.1) is 12.7 Å². The van der Waals surface area contributed by atoms with E-state index in [-0.39, 0.29) is 17.0 Å². The molecule has 0 aliphatic heterocycles. The molecule has 8 heteroatoms. The van der Waals surface area contributed by atoms with Crippen molar-refractivity contribution in [2.45, 2.75) is 30.0 Å². The molecular formula is C20H21FN4OS2. The number of hydrogen-bond donors (Lipinski definition) is 1. The fourth-order valence-corrected chi connectivity index (χ4v) is 4.60. The number of aryl methyl sites for hydroxylation is 1. The second-order valence-electron chi connectivity index (χ2n) is 6.45. The number of anilines is 2. The van der Waals surface area contributed by atoms with Crippen molar-refractivity contribution < 1.29 is 9.18 Å². The maximum Gasteiger partial charge on any atom is 0.235 e. The van der Waals surface area contributed by atoms with E-state index in [9.17, 15) is 9.18 Å². The number of hydrogen-bond acceptors (Lipinski definition) is 6. The molecule has 28 heavy (non-hydrogen) atoms. The summed E-state index contributed by atoms with van der Waals surface area (Å²) < 4.78 is 14.0. The summed E-state index contributed by atoms with van der Waals surface area (Å²) in [5.41, 5.74) is 2.89. The van der Waals surface area contributed by atoms with Gasteiger partial charge in [-0.1, -0.05) is 52.9 Å². The number of nitrogens with one attached hydrogen (secondary N) is 1. The van der Waals surface area contributed by atoms with Gasteiger partial charge in [-0.3, -0.25) is 4.79 Å². The lowest BCUT2D eigenvalue weighted by Crippen LogP contribution is -2.32. The van der Waals surface area contributed by atoms with Crippen LogP contribution in [0.5, 0.6) is 0 Å². The van der Waals surface area contributed by atoms with Gasteiger partial charge in [-0.05, 0) is 43.7 Å². The van der Waals surface area contributed by atoms with Crippen molar-refractivity contribution in [3.8, 4) is 0 Å². The van der Waals surface area contributed by atoms with Gasteiger partial charge < -0.3 is 10.2 Å². The van der Waals surface area contributed by atoms with E-state index in [0.717, 1.165) is 15.6 Å². The van der Waals surface area contributed by atoms with Crippen LogP contribution < -0.4 is 5.32 Å². The zero-order valence-electron chi connectivity index (χ0n) is 15.8. The van der Waals surface area contributed by atoms with Crippen LogP contribution in [0.2, 0.25) is 0 Å². The first-order valence-corrected chi connectivity index (χ1v) is 10.4. The third-order valence-electron chi connectivity index (χ3n) is 4.02. The second-order valence-corrected chi connectivity index (χ2v) is 9.01. The van der Waals surface area contributed by atoms with E-state index in [4.69, 9.17) is 0 Å². The summed E-state index contributed by atoms with van der Waals surface area (Å²) in [5, 5.41) is 11.9. The number of carbonyl (C=O) groups excluding carboxylic acids is 1. The number of amides is 1. The van der Waals surface area contributed by atoms with Gasteiger partial charge in [0.15, 0.2) is 4.34 Å². The number of halogens is 1. The van der Waals surface area contributed by atoms with Crippen LogP contribution in [0.25, 0.3) is 0 Å². The molecule has 0 saturated carbocycles. The molecular weight excluding hydrogens is 395 g/mol. The lowest BCUT2D eigenvalue weighted by atomic mass is 10.2. The van der Waals surface area contributed by atoms with Crippen LogP contribution in [0.1, 0.15) is 18.1 Å². The minimum atomic E-state index is -0.321. The van der Waals surface area contributed by atoms with Crippen molar-refractivity contribution in [3.63, 3.8) is 0 Å². The Hall–Kier alpha value is -2.45. The fraction of sp³-hybridized carbons (Fsp3) is 0.250. The first kappa shape index (κ1) is 20.3. The molecule has 0 fully saturated rings. The summed E-state index contributed by atoms with van der Waals surface area (Å²) in [6, 6.07) is 14.3. The zero-order chi connectivity index (χ0) is 20.1. The average molecular weight is 417 g/mol. The van der Waals surface area contributed by atoms with Gasteiger partial charge in [-0.15, -0.1) is 10.2 Å². The van der Waals surface area contributed by atoms with Gasteiger partial charge in [-0.25, -0.2) is 4.39 Å². The molecule has 0 spiro atoms. The summed E-state index contributed by atoms with van der Waals surface area (Å²) in [6.45, 7) is 4.23. The third kappa shape index (κ3) is 5.53. The molecule has 2 aromatic carbocycles. The Morgan fingerprint density at radius 2 is 2.00 bits per heavy atom. The van der Waals surface area contributed by atoms with E-state index in [1.165, 1.54) is 40.8 Å². The molecule has 0 aliphatic rings. The molecule has 0 unspecified atom stereocenters. The highest BCUT2D eigenvalue weighted by atomic mass is 32.2. The quantitative estimate of drug-likeness (QED) is 0.557. The van der Waals surface area contributed by atoms with Gasteiger partial charge in [0, 0.05) is 19.3 Å². The van der Waals surface area contributed by atoms with E-state index >= 15 is 0 Å². The molecule has 5 nitrogen and oxygen atoms in total. The van der Waals surface area contributed by atoms with Crippen LogP contribution in [-0.4, -0.2) is 33.3 Å². The number of rotatable bonds is 7. The maximum absolute atomic E-state index is 13.3. The highest BCUT2D eigenvalue weighted by Gasteiger charge is 2.21. The number of nitrogens with zero attached hydrogens (tertiary/aromatic N) is 3. The minimum absolute atomic E-state index is 0.0440. The Morgan fingerprint density at radius 1 is 1.25 bits per heavy atom. The van der Waals surface area contributed by atoms with Crippen molar-refractivity contribution in [2.24, 2.45) is 0 Å². The molecule has 0 radical (unpaired) electrons. The highest BCUT2D eigenvalue weighted by molar-refractivity contribution is 8.02. The fourth-order valence-electron chi connectivity index (χ4n) is 2.57. The standard InChI is InChI=1S/C20H21FN4OS2/c1-13-7-9-17(10-8-13)22-19-23-24-20(28-19)27-14(2)18(26)25(3)12-15-5-4-6-16(21)11-15/h4-11,14H,12H2,1-3H3,(H,22,23)/t14-/m0/s1. The minimum Gasteiger partial charge on any atom is -0.340 e. The molecule has 0 aliphatic carbocycles. The molecule has 1 N–H and O–H groups in total.